The number of halogens is 1. The number of rotatable bonds is 2. The van der Waals surface area contributed by atoms with E-state index >= 15 is 0 Å². The van der Waals surface area contributed by atoms with Gasteiger partial charge in [-0.05, 0) is 37.3 Å². The van der Waals surface area contributed by atoms with Crippen LogP contribution in [0.2, 0.25) is 0 Å². The Hall–Kier alpha value is -1.88. The maximum Gasteiger partial charge on any atom is 0.159 e. The fourth-order valence-electron chi connectivity index (χ4n) is 2.16. The van der Waals surface area contributed by atoms with Gasteiger partial charge in [0.05, 0.1) is 22.9 Å². The SMILES string of the molecule is CCn1c(-c2ccc(N)cn2)nc2cc(Br)ccc21. The van der Waals surface area contributed by atoms with E-state index < -0.39 is 0 Å². The van der Waals surface area contributed by atoms with Gasteiger partial charge in [0.1, 0.15) is 5.69 Å². The summed E-state index contributed by atoms with van der Waals surface area (Å²) in [5, 5.41) is 0. The Kier molecular flexibility index (Phi) is 2.98. The maximum absolute atomic E-state index is 5.67. The molecule has 0 radical (unpaired) electrons. The minimum Gasteiger partial charge on any atom is -0.397 e. The van der Waals surface area contributed by atoms with Crippen molar-refractivity contribution in [3.8, 4) is 11.5 Å². The van der Waals surface area contributed by atoms with Gasteiger partial charge in [0.25, 0.3) is 0 Å². The van der Waals surface area contributed by atoms with E-state index in [4.69, 9.17) is 5.73 Å². The van der Waals surface area contributed by atoms with Gasteiger partial charge in [0, 0.05) is 11.0 Å². The summed E-state index contributed by atoms with van der Waals surface area (Å²) in [6.07, 6.45) is 1.66. The van der Waals surface area contributed by atoms with Crippen LogP contribution in [0.3, 0.4) is 0 Å². The number of fused-ring (bicyclic) bond motifs is 1. The fourth-order valence-corrected chi connectivity index (χ4v) is 2.51. The number of anilines is 1. The topological polar surface area (TPSA) is 56.7 Å². The molecule has 2 aromatic heterocycles. The highest BCUT2D eigenvalue weighted by atomic mass is 79.9. The molecule has 0 atom stereocenters. The summed E-state index contributed by atoms with van der Waals surface area (Å²) in [4.78, 5) is 9.03. The number of benzene rings is 1. The first-order chi connectivity index (χ1) is 9.19. The number of imidazole rings is 1. The third kappa shape index (κ3) is 2.10. The molecule has 2 heterocycles. The minimum atomic E-state index is 0.658. The smallest absolute Gasteiger partial charge is 0.159 e. The third-order valence-electron chi connectivity index (χ3n) is 3.04. The second-order valence-electron chi connectivity index (χ2n) is 4.29. The summed E-state index contributed by atoms with van der Waals surface area (Å²) in [5.41, 5.74) is 9.24. The van der Waals surface area contributed by atoms with Gasteiger partial charge in [-0.2, -0.15) is 0 Å². The number of nitrogens with two attached hydrogens (primary N) is 1. The molecule has 0 aliphatic rings. The van der Waals surface area contributed by atoms with Crippen molar-refractivity contribution in [1.82, 2.24) is 14.5 Å². The fraction of sp³-hybridized carbons (Fsp3) is 0.143. The average molecular weight is 317 g/mol. The summed E-state index contributed by atoms with van der Waals surface area (Å²) in [6.45, 7) is 2.95. The van der Waals surface area contributed by atoms with Gasteiger partial charge in [-0.15, -0.1) is 0 Å². The molecule has 1 aromatic carbocycles. The molecule has 0 aliphatic carbocycles. The molecule has 96 valence electrons. The Bertz CT molecular complexity index is 731. The van der Waals surface area contributed by atoms with Crippen molar-refractivity contribution in [1.29, 1.82) is 0 Å². The van der Waals surface area contributed by atoms with Crippen molar-refractivity contribution in [3.63, 3.8) is 0 Å². The van der Waals surface area contributed by atoms with E-state index in [0.29, 0.717) is 5.69 Å². The first-order valence-electron chi connectivity index (χ1n) is 6.06. The second-order valence-corrected chi connectivity index (χ2v) is 5.21. The summed E-state index contributed by atoms with van der Waals surface area (Å²) in [6, 6.07) is 9.85. The van der Waals surface area contributed by atoms with Crippen LogP contribution >= 0.6 is 15.9 Å². The lowest BCUT2D eigenvalue weighted by atomic mass is 10.3. The van der Waals surface area contributed by atoms with Crippen LogP contribution in [0, 0.1) is 0 Å². The van der Waals surface area contributed by atoms with Crippen LogP contribution in [0.1, 0.15) is 6.92 Å². The number of nitrogen functional groups attached to an aromatic ring is 1. The first-order valence-corrected chi connectivity index (χ1v) is 6.86. The lowest BCUT2D eigenvalue weighted by molar-refractivity contribution is 0.793. The number of aryl methyl sites for hydroxylation is 1. The number of nitrogens with zero attached hydrogens (tertiary/aromatic N) is 3. The van der Waals surface area contributed by atoms with Gasteiger partial charge in [0.15, 0.2) is 5.82 Å². The largest absolute Gasteiger partial charge is 0.397 e. The van der Waals surface area contributed by atoms with Gasteiger partial charge in [0.2, 0.25) is 0 Å². The summed E-state index contributed by atoms with van der Waals surface area (Å²) >= 11 is 3.47. The molecule has 0 unspecified atom stereocenters. The van der Waals surface area contributed by atoms with Crippen LogP contribution in [0.25, 0.3) is 22.6 Å². The normalized spacial score (nSPS) is 11.1. The van der Waals surface area contributed by atoms with Gasteiger partial charge < -0.3 is 10.3 Å². The van der Waals surface area contributed by atoms with Crippen LogP contribution in [0.4, 0.5) is 5.69 Å². The molecule has 0 saturated heterocycles. The Morgan fingerprint density at radius 1 is 1.26 bits per heavy atom. The van der Waals surface area contributed by atoms with E-state index in [1.54, 1.807) is 6.20 Å². The van der Waals surface area contributed by atoms with Gasteiger partial charge in [-0.3, -0.25) is 4.98 Å². The van der Waals surface area contributed by atoms with Gasteiger partial charge in [-0.25, -0.2) is 4.98 Å². The molecular weight excluding hydrogens is 304 g/mol. The number of pyridine rings is 1. The molecular formula is C14H13BrN4. The monoisotopic (exact) mass is 316 g/mol. The third-order valence-corrected chi connectivity index (χ3v) is 3.54. The molecule has 3 rings (SSSR count). The van der Waals surface area contributed by atoms with Crippen molar-refractivity contribution in [2.75, 3.05) is 5.73 Å². The van der Waals surface area contributed by atoms with E-state index in [1.807, 2.05) is 24.3 Å². The van der Waals surface area contributed by atoms with Crippen molar-refractivity contribution in [3.05, 3.63) is 41.0 Å². The molecule has 0 fully saturated rings. The maximum atomic E-state index is 5.67. The summed E-state index contributed by atoms with van der Waals surface area (Å²) in [7, 11) is 0. The van der Waals surface area contributed by atoms with Gasteiger partial charge in [-0.1, -0.05) is 15.9 Å². The predicted octanol–water partition coefficient (Wildman–Crippen LogP) is 3.46. The second kappa shape index (κ2) is 4.66. The Morgan fingerprint density at radius 2 is 2.11 bits per heavy atom. The number of hydrogen-bond donors (Lipinski definition) is 1. The zero-order valence-corrected chi connectivity index (χ0v) is 12.1. The van der Waals surface area contributed by atoms with E-state index in [2.05, 4.69) is 43.5 Å². The Balaban J connectivity index is 2.25. The molecule has 19 heavy (non-hydrogen) atoms. The summed E-state index contributed by atoms with van der Waals surface area (Å²) < 4.78 is 3.18. The first kappa shape index (κ1) is 12.2. The van der Waals surface area contributed by atoms with E-state index in [-0.39, 0.29) is 0 Å². The molecule has 4 nitrogen and oxygen atoms in total. The molecule has 2 N–H and O–H groups in total. The molecule has 0 spiro atoms. The van der Waals surface area contributed by atoms with E-state index in [1.165, 1.54) is 0 Å². The number of hydrogen-bond acceptors (Lipinski definition) is 3. The van der Waals surface area contributed by atoms with Crippen LogP contribution in [0.5, 0.6) is 0 Å². The minimum absolute atomic E-state index is 0.658. The highest BCUT2D eigenvalue weighted by Crippen LogP contribution is 2.26. The lowest BCUT2D eigenvalue weighted by Crippen LogP contribution is -1.99. The lowest BCUT2D eigenvalue weighted by Gasteiger charge is -2.05. The van der Waals surface area contributed by atoms with Gasteiger partial charge >= 0.3 is 0 Å². The average Bonchev–Trinajstić information content (AvgIpc) is 2.77. The standard InChI is InChI=1S/C14H13BrN4/c1-2-19-13-6-3-9(15)7-12(13)18-14(19)11-5-4-10(16)8-17-11/h3-8H,2,16H2,1H3. The Morgan fingerprint density at radius 3 is 2.79 bits per heavy atom. The van der Waals surface area contributed by atoms with Crippen LogP contribution < -0.4 is 5.73 Å². The van der Waals surface area contributed by atoms with Crippen molar-refractivity contribution >= 4 is 32.7 Å². The molecule has 0 aliphatic heterocycles. The van der Waals surface area contributed by atoms with Crippen LogP contribution in [-0.4, -0.2) is 14.5 Å². The van der Waals surface area contributed by atoms with Crippen molar-refractivity contribution < 1.29 is 0 Å². The molecule has 0 bridgehead atoms. The summed E-state index contributed by atoms with van der Waals surface area (Å²) in [5.74, 6) is 0.871. The van der Waals surface area contributed by atoms with Crippen molar-refractivity contribution in [2.45, 2.75) is 13.5 Å². The molecule has 0 amide bonds. The highest BCUT2D eigenvalue weighted by molar-refractivity contribution is 9.10. The van der Waals surface area contributed by atoms with Crippen molar-refractivity contribution in [2.24, 2.45) is 0 Å². The van der Waals surface area contributed by atoms with Crippen LogP contribution in [-0.2, 0) is 6.54 Å². The zero-order chi connectivity index (χ0) is 13.4. The van der Waals surface area contributed by atoms with Crippen LogP contribution in [0.15, 0.2) is 41.0 Å². The molecule has 3 aromatic rings. The predicted molar refractivity (Wildman–Crippen MR) is 80.8 cm³/mol. The Labute approximate surface area is 119 Å². The zero-order valence-electron chi connectivity index (χ0n) is 10.5. The van der Waals surface area contributed by atoms with E-state index in [0.717, 1.165) is 33.6 Å². The number of aromatic nitrogens is 3. The quantitative estimate of drug-likeness (QED) is 0.787. The highest BCUT2D eigenvalue weighted by Gasteiger charge is 2.12. The molecule has 5 heteroatoms. The molecule has 0 saturated carbocycles. The van der Waals surface area contributed by atoms with E-state index in [9.17, 15) is 0 Å².